The van der Waals surface area contributed by atoms with Crippen LogP contribution in [-0.4, -0.2) is 64.7 Å². The number of hydrogen-bond donors (Lipinski definition) is 3. The molecule has 0 aliphatic carbocycles. The minimum absolute atomic E-state index is 0.0939. The molecule has 0 heterocycles. The molecule has 0 aliphatic heterocycles. The molecule has 0 spiro atoms. The van der Waals surface area contributed by atoms with Gasteiger partial charge in [-0.1, -0.05) is 48.0 Å². The fraction of sp³-hybridized carbons (Fsp3) is 0.483. The topological polar surface area (TPSA) is 108 Å². The Morgan fingerprint density at radius 3 is 2.24 bits per heavy atom. The van der Waals surface area contributed by atoms with Gasteiger partial charge < -0.3 is 25.4 Å². The van der Waals surface area contributed by atoms with Crippen LogP contribution in [0, 0.1) is 20.8 Å². The highest BCUT2D eigenvalue weighted by molar-refractivity contribution is 7.98. The van der Waals surface area contributed by atoms with E-state index >= 15 is 0 Å². The molecule has 0 aromatic heterocycles. The molecule has 2 aromatic rings. The predicted molar refractivity (Wildman–Crippen MR) is 153 cm³/mol. The summed E-state index contributed by atoms with van der Waals surface area (Å²) in [4.78, 5) is 41.8. The van der Waals surface area contributed by atoms with E-state index in [1.54, 1.807) is 26.8 Å². The maximum atomic E-state index is 14.0. The van der Waals surface area contributed by atoms with Gasteiger partial charge in [0, 0.05) is 12.2 Å². The number of thioether (sulfide) groups is 1. The summed E-state index contributed by atoms with van der Waals surface area (Å²) < 4.78 is 5.40. The van der Waals surface area contributed by atoms with E-state index in [2.05, 4.69) is 10.6 Å². The number of rotatable bonds is 11. The molecular formula is C29H41N3O5S. The number of aliphatic hydroxyl groups is 1. The fourth-order valence-electron chi connectivity index (χ4n) is 4.13. The smallest absolute Gasteiger partial charge is 0.408 e. The van der Waals surface area contributed by atoms with Crippen LogP contribution in [0.5, 0.6) is 0 Å². The van der Waals surface area contributed by atoms with Crippen molar-refractivity contribution in [1.82, 2.24) is 10.2 Å². The maximum Gasteiger partial charge on any atom is 0.408 e. The van der Waals surface area contributed by atoms with Crippen LogP contribution in [0.15, 0.2) is 42.5 Å². The molecule has 2 rings (SSSR count). The van der Waals surface area contributed by atoms with Crippen LogP contribution < -0.4 is 10.6 Å². The molecule has 3 N–H and O–H groups in total. The highest BCUT2D eigenvalue weighted by Gasteiger charge is 2.36. The van der Waals surface area contributed by atoms with Gasteiger partial charge >= 0.3 is 6.09 Å². The van der Waals surface area contributed by atoms with Crippen molar-refractivity contribution in [3.63, 3.8) is 0 Å². The highest BCUT2D eigenvalue weighted by atomic mass is 32.2. The van der Waals surface area contributed by atoms with E-state index in [9.17, 15) is 19.5 Å². The Morgan fingerprint density at radius 1 is 1.05 bits per heavy atom. The second-order valence-corrected chi connectivity index (χ2v) is 11.3. The van der Waals surface area contributed by atoms with Crippen LogP contribution in [-0.2, 0) is 14.3 Å². The Kier molecular flexibility index (Phi) is 11.7. The number of alkyl carbamates (subject to hydrolysis) is 1. The van der Waals surface area contributed by atoms with E-state index in [0.29, 0.717) is 23.4 Å². The second-order valence-electron chi connectivity index (χ2n) is 10.3. The van der Waals surface area contributed by atoms with E-state index in [0.717, 1.165) is 16.7 Å². The average Bonchev–Trinajstić information content (AvgIpc) is 2.82. The standard InChI is InChI=1S/C29H41N3O5S/c1-19-10-8-13-22(18-19)25(26(34)31-24-20(2)11-9-12-21(24)3)32(15-16-33)27(35)23(14-17-38-7)30-28(36)37-29(4,5)6/h8-13,18,23,25,33H,14-17H2,1-7H3,(H,30,36)(H,31,34). The molecule has 0 saturated carbocycles. The summed E-state index contributed by atoms with van der Waals surface area (Å²) in [5.41, 5.74) is 3.26. The monoisotopic (exact) mass is 543 g/mol. The van der Waals surface area contributed by atoms with Gasteiger partial charge in [-0.05, 0) is 76.7 Å². The summed E-state index contributed by atoms with van der Waals surface area (Å²) in [6.07, 6.45) is 1.53. The molecule has 0 bridgehead atoms. The highest BCUT2D eigenvalue weighted by Crippen LogP contribution is 2.27. The molecule has 8 nitrogen and oxygen atoms in total. The molecule has 2 aromatic carbocycles. The van der Waals surface area contributed by atoms with Gasteiger partial charge in [0.2, 0.25) is 5.91 Å². The van der Waals surface area contributed by atoms with E-state index in [-0.39, 0.29) is 13.2 Å². The first-order valence-corrected chi connectivity index (χ1v) is 14.1. The van der Waals surface area contributed by atoms with Crippen LogP contribution in [0.2, 0.25) is 0 Å². The number of para-hydroxylation sites is 1. The van der Waals surface area contributed by atoms with Crippen LogP contribution in [0.4, 0.5) is 10.5 Å². The number of ether oxygens (including phenoxy) is 1. The van der Waals surface area contributed by atoms with Crippen molar-refractivity contribution in [3.05, 3.63) is 64.7 Å². The number of aliphatic hydroxyl groups excluding tert-OH is 1. The van der Waals surface area contributed by atoms with Gasteiger partial charge in [-0.15, -0.1) is 0 Å². The van der Waals surface area contributed by atoms with Gasteiger partial charge in [-0.25, -0.2) is 4.79 Å². The normalized spacial score (nSPS) is 12.8. The Morgan fingerprint density at radius 2 is 1.68 bits per heavy atom. The van der Waals surface area contributed by atoms with Crippen LogP contribution in [0.1, 0.15) is 55.5 Å². The molecule has 9 heteroatoms. The number of amides is 3. The first kappa shape index (κ1) is 31.2. The van der Waals surface area contributed by atoms with Crippen molar-refractivity contribution in [1.29, 1.82) is 0 Å². The van der Waals surface area contributed by atoms with Gasteiger partial charge in [0.05, 0.1) is 6.61 Å². The largest absolute Gasteiger partial charge is 0.444 e. The van der Waals surface area contributed by atoms with Gasteiger partial charge in [-0.3, -0.25) is 9.59 Å². The summed E-state index contributed by atoms with van der Waals surface area (Å²) in [5, 5.41) is 15.7. The quantitative estimate of drug-likeness (QED) is 0.377. The van der Waals surface area contributed by atoms with Crippen molar-refractivity contribution in [2.24, 2.45) is 0 Å². The van der Waals surface area contributed by atoms with Crippen molar-refractivity contribution in [3.8, 4) is 0 Å². The Bertz CT molecular complexity index is 1100. The third-order valence-electron chi connectivity index (χ3n) is 5.87. The lowest BCUT2D eigenvalue weighted by Gasteiger charge is -2.34. The SMILES string of the molecule is CSCCC(NC(=O)OC(C)(C)C)C(=O)N(CCO)C(C(=O)Nc1c(C)cccc1C)c1cccc(C)c1. The van der Waals surface area contributed by atoms with Crippen molar-refractivity contribution < 1.29 is 24.2 Å². The third kappa shape index (κ3) is 9.06. The molecule has 2 unspecified atom stereocenters. The zero-order valence-electron chi connectivity index (χ0n) is 23.5. The number of benzene rings is 2. The predicted octanol–water partition coefficient (Wildman–Crippen LogP) is 4.76. The number of nitrogens with zero attached hydrogens (tertiary/aromatic N) is 1. The zero-order chi connectivity index (χ0) is 28.5. The van der Waals surface area contributed by atoms with Crippen LogP contribution in [0.25, 0.3) is 0 Å². The second kappa shape index (κ2) is 14.2. The van der Waals surface area contributed by atoms with Crippen molar-refractivity contribution in [2.45, 2.75) is 65.6 Å². The molecular weight excluding hydrogens is 502 g/mol. The van der Waals surface area contributed by atoms with Gasteiger partial charge in [-0.2, -0.15) is 11.8 Å². The molecule has 2 atom stereocenters. The fourth-order valence-corrected chi connectivity index (χ4v) is 4.60. The van der Waals surface area contributed by atoms with Gasteiger partial charge in [0.25, 0.3) is 5.91 Å². The number of aryl methyl sites for hydroxylation is 3. The summed E-state index contributed by atoms with van der Waals surface area (Å²) >= 11 is 1.54. The van der Waals surface area contributed by atoms with Gasteiger partial charge in [0.15, 0.2) is 0 Å². The molecule has 0 saturated heterocycles. The average molecular weight is 544 g/mol. The minimum Gasteiger partial charge on any atom is -0.444 e. The van der Waals surface area contributed by atoms with E-state index in [1.165, 1.54) is 16.7 Å². The lowest BCUT2D eigenvalue weighted by Crippen LogP contribution is -2.53. The van der Waals surface area contributed by atoms with E-state index in [4.69, 9.17) is 4.74 Å². The van der Waals surface area contributed by atoms with Gasteiger partial charge in [0.1, 0.15) is 17.7 Å². The molecule has 208 valence electrons. The van der Waals surface area contributed by atoms with E-state index < -0.39 is 35.6 Å². The first-order chi connectivity index (χ1) is 17.9. The Hall–Kier alpha value is -3.04. The lowest BCUT2D eigenvalue weighted by molar-refractivity contribution is -0.141. The molecule has 38 heavy (non-hydrogen) atoms. The molecule has 3 amide bonds. The lowest BCUT2D eigenvalue weighted by atomic mass is 10.00. The summed E-state index contributed by atoms with van der Waals surface area (Å²) in [6, 6.07) is 11.1. The minimum atomic E-state index is -1.04. The van der Waals surface area contributed by atoms with Crippen LogP contribution >= 0.6 is 11.8 Å². The summed E-state index contributed by atoms with van der Waals surface area (Å²) in [5.74, 6) is -0.277. The molecule has 0 radical (unpaired) electrons. The summed E-state index contributed by atoms with van der Waals surface area (Å²) in [6.45, 7) is 10.5. The van der Waals surface area contributed by atoms with Crippen molar-refractivity contribution >= 4 is 35.4 Å². The molecule has 0 fully saturated rings. The Labute approximate surface area is 230 Å². The number of hydrogen-bond acceptors (Lipinski definition) is 6. The van der Waals surface area contributed by atoms with Crippen LogP contribution in [0.3, 0.4) is 0 Å². The first-order valence-electron chi connectivity index (χ1n) is 12.7. The zero-order valence-corrected chi connectivity index (χ0v) is 24.3. The maximum absolute atomic E-state index is 14.0. The number of carbonyl (C=O) groups is 3. The number of anilines is 1. The number of carbonyl (C=O) groups excluding carboxylic acids is 3. The van der Waals surface area contributed by atoms with E-state index in [1.807, 2.05) is 63.4 Å². The van der Waals surface area contributed by atoms with Crippen molar-refractivity contribution in [2.75, 3.05) is 30.5 Å². The molecule has 0 aliphatic rings. The number of nitrogens with one attached hydrogen (secondary N) is 2. The third-order valence-corrected chi connectivity index (χ3v) is 6.51. The summed E-state index contributed by atoms with van der Waals surface area (Å²) in [7, 11) is 0. The Balaban J connectivity index is 2.52.